The van der Waals surface area contributed by atoms with Gasteiger partial charge in [0.25, 0.3) is 0 Å². The molecule has 0 radical (unpaired) electrons. The van der Waals surface area contributed by atoms with Crippen molar-refractivity contribution >= 4 is 5.91 Å². The van der Waals surface area contributed by atoms with Crippen molar-refractivity contribution in [2.75, 3.05) is 13.1 Å². The second-order valence-electron chi connectivity index (χ2n) is 7.59. The molecule has 0 aliphatic carbocycles. The summed E-state index contributed by atoms with van der Waals surface area (Å²) in [4.78, 5) is 17.6. The average Bonchev–Trinajstić information content (AvgIpc) is 2.76. The maximum absolute atomic E-state index is 14.2. The van der Waals surface area contributed by atoms with E-state index in [1.807, 2.05) is 36.4 Å². The van der Waals surface area contributed by atoms with E-state index in [0.717, 1.165) is 38.0 Å². The van der Waals surface area contributed by atoms with Crippen LogP contribution in [0.2, 0.25) is 0 Å². The van der Waals surface area contributed by atoms with Crippen LogP contribution in [-0.2, 0) is 6.54 Å². The molecule has 2 aromatic carbocycles. The van der Waals surface area contributed by atoms with Crippen LogP contribution < -0.4 is 10.5 Å². The van der Waals surface area contributed by atoms with E-state index >= 15 is 0 Å². The zero-order chi connectivity index (χ0) is 20.9. The molecule has 1 unspecified atom stereocenters. The third-order valence-electron chi connectivity index (χ3n) is 5.42. The lowest BCUT2D eigenvalue weighted by molar-refractivity contribution is 0.1000. The van der Waals surface area contributed by atoms with Crippen molar-refractivity contribution in [1.82, 2.24) is 9.88 Å². The van der Waals surface area contributed by atoms with E-state index in [0.29, 0.717) is 17.2 Å². The number of likely N-dealkylation sites (tertiary alicyclic amines) is 1. The molecule has 1 amide bonds. The molecule has 2 heterocycles. The van der Waals surface area contributed by atoms with Crippen molar-refractivity contribution in [2.24, 2.45) is 5.73 Å². The highest BCUT2D eigenvalue weighted by Crippen LogP contribution is 2.29. The summed E-state index contributed by atoms with van der Waals surface area (Å²) in [6, 6.07) is 18.2. The number of halogens is 1. The molecular formula is C24H24FN3O2. The maximum atomic E-state index is 14.2. The summed E-state index contributed by atoms with van der Waals surface area (Å²) in [6.45, 7) is 2.69. The molecule has 1 fully saturated rings. The molecule has 0 spiro atoms. The van der Waals surface area contributed by atoms with Gasteiger partial charge in [0.05, 0.1) is 5.56 Å². The van der Waals surface area contributed by atoms with Gasteiger partial charge in [0, 0.05) is 25.4 Å². The molecule has 1 saturated heterocycles. The van der Waals surface area contributed by atoms with Crippen molar-refractivity contribution in [3.63, 3.8) is 0 Å². The Bertz CT molecular complexity index is 1010. The fourth-order valence-corrected chi connectivity index (χ4v) is 3.89. The van der Waals surface area contributed by atoms with Gasteiger partial charge in [0.15, 0.2) is 0 Å². The Morgan fingerprint density at radius 2 is 1.93 bits per heavy atom. The molecule has 3 aromatic rings. The lowest BCUT2D eigenvalue weighted by Gasteiger charge is -2.33. The summed E-state index contributed by atoms with van der Waals surface area (Å²) in [6.07, 6.45) is 3.48. The predicted octanol–water partition coefficient (Wildman–Crippen LogP) is 4.49. The van der Waals surface area contributed by atoms with Crippen LogP contribution in [0.4, 0.5) is 4.39 Å². The van der Waals surface area contributed by atoms with Gasteiger partial charge in [0.2, 0.25) is 11.8 Å². The smallest absolute Gasteiger partial charge is 0.250 e. The molecular weight excluding hydrogens is 381 g/mol. The minimum absolute atomic E-state index is 0.108. The number of ether oxygens (including phenoxy) is 1. The number of benzene rings is 2. The molecule has 1 atom stereocenters. The zero-order valence-corrected chi connectivity index (χ0v) is 16.6. The van der Waals surface area contributed by atoms with Gasteiger partial charge < -0.3 is 10.5 Å². The molecule has 1 aromatic heterocycles. The quantitative estimate of drug-likeness (QED) is 0.656. The lowest BCUT2D eigenvalue weighted by Crippen LogP contribution is -2.34. The number of amides is 1. The topological polar surface area (TPSA) is 68.5 Å². The molecule has 6 heteroatoms. The van der Waals surface area contributed by atoms with E-state index in [1.54, 1.807) is 24.3 Å². The minimum Gasteiger partial charge on any atom is -0.439 e. The van der Waals surface area contributed by atoms with E-state index in [2.05, 4.69) is 9.88 Å². The summed E-state index contributed by atoms with van der Waals surface area (Å²) in [7, 11) is 0. The Labute approximate surface area is 175 Å². The van der Waals surface area contributed by atoms with Crippen LogP contribution in [0.25, 0.3) is 0 Å². The minimum atomic E-state index is -0.520. The standard InChI is InChI=1S/C24H24FN3O2/c25-22-6-2-1-5-21(22)19-4-3-13-28(16-19)15-17-7-10-20(11-8-17)30-23-12-9-18(14-27-23)24(26)29/h1-2,5-12,14,19H,3-4,13,15-16H2,(H2,26,29). The molecule has 0 saturated carbocycles. The average molecular weight is 405 g/mol. The summed E-state index contributed by atoms with van der Waals surface area (Å²) in [5.74, 6) is 0.672. The maximum Gasteiger partial charge on any atom is 0.250 e. The molecule has 30 heavy (non-hydrogen) atoms. The highest BCUT2D eigenvalue weighted by molar-refractivity contribution is 5.92. The SMILES string of the molecule is NC(=O)c1ccc(Oc2ccc(CN3CCCC(c4ccccc4F)C3)cc2)nc1. The number of aromatic nitrogens is 1. The first-order chi connectivity index (χ1) is 14.6. The van der Waals surface area contributed by atoms with Crippen molar-refractivity contribution < 1.29 is 13.9 Å². The number of carbonyl (C=O) groups is 1. The molecule has 0 bridgehead atoms. The van der Waals surface area contributed by atoms with E-state index in [4.69, 9.17) is 10.5 Å². The third-order valence-corrected chi connectivity index (χ3v) is 5.42. The molecule has 5 nitrogen and oxygen atoms in total. The van der Waals surface area contributed by atoms with Crippen LogP contribution in [-0.4, -0.2) is 28.9 Å². The van der Waals surface area contributed by atoms with E-state index in [1.165, 1.54) is 11.8 Å². The van der Waals surface area contributed by atoms with Gasteiger partial charge in [-0.1, -0.05) is 30.3 Å². The third kappa shape index (κ3) is 4.83. The van der Waals surface area contributed by atoms with Gasteiger partial charge in [0.1, 0.15) is 11.6 Å². The number of piperidine rings is 1. The predicted molar refractivity (Wildman–Crippen MR) is 113 cm³/mol. The first-order valence-electron chi connectivity index (χ1n) is 10.1. The van der Waals surface area contributed by atoms with Crippen LogP contribution in [0, 0.1) is 5.82 Å². The van der Waals surface area contributed by atoms with Crippen LogP contribution in [0.1, 0.15) is 40.2 Å². The highest BCUT2D eigenvalue weighted by atomic mass is 19.1. The number of primary amides is 1. The van der Waals surface area contributed by atoms with Crippen molar-refractivity contribution in [3.05, 3.63) is 89.4 Å². The number of rotatable bonds is 6. The van der Waals surface area contributed by atoms with Crippen molar-refractivity contribution in [2.45, 2.75) is 25.3 Å². The Morgan fingerprint density at radius 3 is 2.63 bits per heavy atom. The lowest BCUT2D eigenvalue weighted by atomic mass is 9.90. The Morgan fingerprint density at radius 1 is 1.13 bits per heavy atom. The Kier molecular flexibility index (Phi) is 6.05. The number of hydrogen-bond donors (Lipinski definition) is 1. The summed E-state index contributed by atoms with van der Waals surface area (Å²) in [5, 5.41) is 0. The van der Waals surface area contributed by atoms with Gasteiger partial charge in [-0.05, 0) is 60.7 Å². The van der Waals surface area contributed by atoms with Crippen LogP contribution in [0.3, 0.4) is 0 Å². The first-order valence-corrected chi connectivity index (χ1v) is 10.1. The first kappa shape index (κ1) is 20.0. The monoisotopic (exact) mass is 405 g/mol. The second kappa shape index (κ2) is 9.05. The number of nitrogens with zero attached hydrogens (tertiary/aromatic N) is 2. The van der Waals surface area contributed by atoms with Crippen LogP contribution in [0.5, 0.6) is 11.6 Å². The van der Waals surface area contributed by atoms with Gasteiger partial charge in [-0.25, -0.2) is 9.37 Å². The summed E-state index contributed by atoms with van der Waals surface area (Å²) < 4.78 is 19.9. The highest BCUT2D eigenvalue weighted by Gasteiger charge is 2.23. The molecule has 154 valence electrons. The van der Waals surface area contributed by atoms with Crippen molar-refractivity contribution in [1.29, 1.82) is 0 Å². The van der Waals surface area contributed by atoms with Crippen LogP contribution >= 0.6 is 0 Å². The molecule has 1 aliphatic heterocycles. The van der Waals surface area contributed by atoms with Crippen LogP contribution in [0.15, 0.2) is 66.9 Å². The van der Waals surface area contributed by atoms with E-state index in [-0.39, 0.29) is 11.7 Å². The molecule has 4 rings (SSSR count). The summed E-state index contributed by atoms with van der Waals surface area (Å²) >= 11 is 0. The summed E-state index contributed by atoms with van der Waals surface area (Å²) in [5.41, 5.74) is 7.55. The van der Waals surface area contributed by atoms with E-state index < -0.39 is 5.91 Å². The van der Waals surface area contributed by atoms with Crippen molar-refractivity contribution in [3.8, 4) is 11.6 Å². The van der Waals surface area contributed by atoms with Gasteiger partial charge >= 0.3 is 0 Å². The normalized spacial score (nSPS) is 16.9. The number of nitrogens with two attached hydrogens (primary N) is 1. The van der Waals surface area contributed by atoms with E-state index in [9.17, 15) is 9.18 Å². The fraction of sp³-hybridized carbons (Fsp3) is 0.250. The fourth-order valence-electron chi connectivity index (χ4n) is 3.89. The van der Waals surface area contributed by atoms with Gasteiger partial charge in [-0.2, -0.15) is 0 Å². The number of pyridine rings is 1. The zero-order valence-electron chi connectivity index (χ0n) is 16.6. The molecule has 1 aliphatic rings. The molecule has 2 N–H and O–H groups in total. The number of carbonyl (C=O) groups excluding carboxylic acids is 1. The second-order valence-corrected chi connectivity index (χ2v) is 7.59. The Balaban J connectivity index is 1.36. The number of hydrogen-bond acceptors (Lipinski definition) is 4. The largest absolute Gasteiger partial charge is 0.439 e. The van der Waals surface area contributed by atoms with Gasteiger partial charge in [-0.15, -0.1) is 0 Å². The Hall–Kier alpha value is -3.25. The van der Waals surface area contributed by atoms with Gasteiger partial charge in [-0.3, -0.25) is 9.69 Å².